The highest BCUT2D eigenvalue weighted by Crippen LogP contribution is 2.30. The highest BCUT2D eigenvalue weighted by atomic mass is 19.4. The zero-order chi connectivity index (χ0) is 19.6. The Morgan fingerprint density at radius 1 is 1.15 bits per heavy atom. The van der Waals surface area contributed by atoms with E-state index in [1.165, 1.54) is 12.1 Å². The van der Waals surface area contributed by atoms with Crippen molar-refractivity contribution in [3.8, 4) is 0 Å². The predicted octanol–water partition coefficient (Wildman–Crippen LogP) is 3.57. The van der Waals surface area contributed by atoms with Gasteiger partial charge in [0.2, 0.25) is 5.95 Å². The lowest BCUT2D eigenvalue weighted by molar-refractivity contribution is -0.137. The molecule has 0 radical (unpaired) electrons. The number of alkyl halides is 3. The number of aliphatic hydroxyl groups excluding tert-OH is 1. The average Bonchev–Trinajstić information content (AvgIpc) is 3.03. The smallest absolute Gasteiger partial charge is 0.395 e. The van der Waals surface area contributed by atoms with Crippen LogP contribution in [0.4, 0.5) is 30.6 Å². The molecule has 0 aliphatic rings. The van der Waals surface area contributed by atoms with Crippen LogP contribution < -0.4 is 10.6 Å². The first-order valence-electron chi connectivity index (χ1n) is 8.33. The van der Waals surface area contributed by atoms with Crippen LogP contribution >= 0.6 is 0 Å². The SMILES string of the molecule is CC(C)n1cnc2c(NCCO)nc(Nc3ccc(C(F)(F)F)cc3)nc21. The Hall–Kier alpha value is -2.88. The third-order valence-corrected chi connectivity index (χ3v) is 3.85. The number of halogens is 3. The average molecular weight is 380 g/mol. The van der Waals surface area contributed by atoms with Gasteiger partial charge < -0.3 is 20.3 Å². The molecule has 3 rings (SSSR count). The molecule has 0 unspecified atom stereocenters. The quantitative estimate of drug-likeness (QED) is 0.606. The topological polar surface area (TPSA) is 87.9 Å². The molecule has 3 N–H and O–H groups in total. The van der Waals surface area contributed by atoms with Crippen molar-refractivity contribution in [2.45, 2.75) is 26.1 Å². The van der Waals surface area contributed by atoms with Gasteiger partial charge in [0.05, 0.1) is 18.5 Å². The van der Waals surface area contributed by atoms with Crippen LogP contribution in [0.25, 0.3) is 11.2 Å². The molecule has 0 aliphatic heterocycles. The molecule has 0 fully saturated rings. The van der Waals surface area contributed by atoms with Gasteiger partial charge in [-0.1, -0.05) is 0 Å². The second-order valence-corrected chi connectivity index (χ2v) is 6.16. The largest absolute Gasteiger partial charge is 0.416 e. The molecule has 0 aliphatic carbocycles. The third-order valence-electron chi connectivity index (χ3n) is 3.85. The fourth-order valence-electron chi connectivity index (χ4n) is 2.52. The number of hydrogen-bond acceptors (Lipinski definition) is 6. The van der Waals surface area contributed by atoms with Gasteiger partial charge in [0.15, 0.2) is 17.0 Å². The lowest BCUT2D eigenvalue weighted by Crippen LogP contribution is -2.10. The zero-order valence-corrected chi connectivity index (χ0v) is 14.7. The molecule has 27 heavy (non-hydrogen) atoms. The highest BCUT2D eigenvalue weighted by Gasteiger charge is 2.30. The number of rotatable bonds is 6. The van der Waals surface area contributed by atoms with Gasteiger partial charge in [-0.15, -0.1) is 0 Å². The summed E-state index contributed by atoms with van der Waals surface area (Å²) in [7, 11) is 0. The summed E-state index contributed by atoms with van der Waals surface area (Å²) in [4.78, 5) is 13.1. The molecule has 3 aromatic rings. The Labute approximate surface area is 153 Å². The van der Waals surface area contributed by atoms with Crippen molar-refractivity contribution < 1.29 is 18.3 Å². The summed E-state index contributed by atoms with van der Waals surface area (Å²) in [6, 6.07) is 4.72. The van der Waals surface area contributed by atoms with E-state index in [-0.39, 0.29) is 25.1 Å². The van der Waals surface area contributed by atoms with Crippen molar-refractivity contribution in [3.63, 3.8) is 0 Å². The van der Waals surface area contributed by atoms with Crippen LogP contribution in [0.2, 0.25) is 0 Å². The van der Waals surface area contributed by atoms with Gasteiger partial charge >= 0.3 is 6.18 Å². The van der Waals surface area contributed by atoms with Crippen molar-refractivity contribution in [2.24, 2.45) is 0 Å². The fourth-order valence-corrected chi connectivity index (χ4v) is 2.52. The van der Waals surface area contributed by atoms with Crippen molar-refractivity contribution in [2.75, 3.05) is 23.8 Å². The van der Waals surface area contributed by atoms with Gasteiger partial charge in [-0.3, -0.25) is 0 Å². The molecule has 1 aromatic carbocycles. The van der Waals surface area contributed by atoms with Crippen LogP contribution in [0.15, 0.2) is 30.6 Å². The molecule has 0 atom stereocenters. The minimum Gasteiger partial charge on any atom is -0.395 e. The lowest BCUT2D eigenvalue weighted by Gasteiger charge is -2.12. The summed E-state index contributed by atoms with van der Waals surface area (Å²) in [5.74, 6) is 0.646. The van der Waals surface area contributed by atoms with Gasteiger partial charge in [0.1, 0.15) is 0 Å². The van der Waals surface area contributed by atoms with E-state index in [4.69, 9.17) is 5.11 Å². The van der Waals surface area contributed by atoms with Crippen LogP contribution in [0.5, 0.6) is 0 Å². The molecule has 7 nitrogen and oxygen atoms in total. The summed E-state index contributed by atoms with van der Waals surface area (Å²) in [6.45, 7) is 4.15. The molecule has 144 valence electrons. The van der Waals surface area contributed by atoms with Gasteiger partial charge in [0.25, 0.3) is 0 Å². The number of benzene rings is 1. The van der Waals surface area contributed by atoms with Gasteiger partial charge in [-0.25, -0.2) is 4.98 Å². The van der Waals surface area contributed by atoms with Crippen LogP contribution in [-0.4, -0.2) is 37.8 Å². The standard InChI is InChI=1S/C17H19F3N6O/c1-10(2)26-9-22-13-14(21-7-8-27)24-16(25-15(13)26)23-12-5-3-11(4-6-12)17(18,19)20/h3-6,9-10,27H,7-8H2,1-2H3,(H2,21,23,24,25). The van der Waals surface area contributed by atoms with E-state index in [9.17, 15) is 13.2 Å². The zero-order valence-electron chi connectivity index (χ0n) is 14.7. The Morgan fingerprint density at radius 2 is 1.85 bits per heavy atom. The van der Waals surface area contributed by atoms with Crippen molar-refractivity contribution in [1.82, 2.24) is 19.5 Å². The summed E-state index contributed by atoms with van der Waals surface area (Å²) in [6.07, 6.45) is -2.74. The van der Waals surface area contributed by atoms with E-state index >= 15 is 0 Å². The molecule has 0 saturated carbocycles. The van der Waals surface area contributed by atoms with Crippen molar-refractivity contribution in [1.29, 1.82) is 0 Å². The number of hydrogen-bond donors (Lipinski definition) is 3. The Morgan fingerprint density at radius 3 is 2.44 bits per heavy atom. The van der Waals surface area contributed by atoms with Crippen molar-refractivity contribution >= 4 is 28.6 Å². The third kappa shape index (κ3) is 4.11. The molecule has 0 bridgehead atoms. The maximum absolute atomic E-state index is 12.7. The molecule has 0 saturated heterocycles. The number of anilines is 3. The second kappa shape index (κ2) is 7.39. The number of nitrogens with one attached hydrogen (secondary N) is 2. The van der Waals surface area contributed by atoms with Crippen LogP contribution in [-0.2, 0) is 6.18 Å². The van der Waals surface area contributed by atoms with Gasteiger partial charge in [-0.2, -0.15) is 23.1 Å². The van der Waals surface area contributed by atoms with Crippen LogP contribution in [0.3, 0.4) is 0 Å². The minimum absolute atomic E-state index is 0.0853. The number of imidazole rings is 1. The molecule has 10 heteroatoms. The Kier molecular flexibility index (Phi) is 5.17. The van der Waals surface area contributed by atoms with Gasteiger partial charge in [-0.05, 0) is 38.1 Å². The second-order valence-electron chi connectivity index (χ2n) is 6.16. The highest BCUT2D eigenvalue weighted by molar-refractivity contribution is 5.84. The van der Waals surface area contributed by atoms with E-state index in [0.717, 1.165) is 12.1 Å². The monoisotopic (exact) mass is 380 g/mol. The minimum atomic E-state index is -4.39. The Balaban J connectivity index is 1.96. The van der Waals surface area contributed by atoms with E-state index in [0.29, 0.717) is 22.7 Å². The summed E-state index contributed by atoms with van der Waals surface area (Å²) in [5, 5.41) is 14.9. The molecular formula is C17H19F3N6O. The van der Waals surface area contributed by atoms with Crippen molar-refractivity contribution in [3.05, 3.63) is 36.2 Å². The fraction of sp³-hybridized carbons (Fsp3) is 0.353. The van der Waals surface area contributed by atoms with E-state index in [1.807, 2.05) is 18.4 Å². The lowest BCUT2D eigenvalue weighted by atomic mass is 10.2. The summed E-state index contributed by atoms with van der Waals surface area (Å²) >= 11 is 0. The Bertz CT molecular complexity index is 921. The summed E-state index contributed by atoms with van der Waals surface area (Å²) < 4.78 is 39.9. The van der Waals surface area contributed by atoms with Crippen LogP contribution in [0.1, 0.15) is 25.5 Å². The molecule has 0 spiro atoms. The van der Waals surface area contributed by atoms with E-state index in [2.05, 4.69) is 25.6 Å². The van der Waals surface area contributed by atoms with E-state index in [1.54, 1.807) is 6.33 Å². The summed E-state index contributed by atoms with van der Waals surface area (Å²) in [5.41, 5.74) is 0.823. The first-order chi connectivity index (χ1) is 12.8. The first-order valence-corrected chi connectivity index (χ1v) is 8.33. The molecule has 2 heterocycles. The number of fused-ring (bicyclic) bond motifs is 1. The predicted molar refractivity (Wildman–Crippen MR) is 96.0 cm³/mol. The number of aliphatic hydroxyl groups is 1. The normalized spacial score (nSPS) is 12.0. The maximum Gasteiger partial charge on any atom is 0.416 e. The molecule has 2 aromatic heterocycles. The molecule has 0 amide bonds. The van der Waals surface area contributed by atoms with E-state index < -0.39 is 11.7 Å². The van der Waals surface area contributed by atoms with Crippen LogP contribution in [0, 0.1) is 0 Å². The first kappa shape index (κ1) is 18.9. The van der Waals surface area contributed by atoms with Gasteiger partial charge in [0, 0.05) is 18.3 Å². The molecular weight excluding hydrogens is 361 g/mol. The maximum atomic E-state index is 12.7. The number of aromatic nitrogens is 4. The number of nitrogens with zero attached hydrogens (tertiary/aromatic N) is 4.